The van der Waals surface area contributed by atoms with Gasteiger partial charge in [0.05, 0.1) is 12.2 Å². The van der Waals surface area contributed by atoms with Gasteiger partial charge in [0, 0.05) is 29.9 Å². The van der Waals surface area contributed by atoms with Crippen LogP contribution in [0.15, 0.2) is 30.3 Å². The van der Waals surface area contributed by atoms with Crippen LogP contribution in [0.1, 0.15) is 50.2 Å². The minimum absolute atomic E-state index is 0.0710. The highest BCUT2D eigenvalue weighted by atomic mass is 19.1. The maximum Gasteiger partial charge on any atom is 0.339 e. The standard InChI is InChI=1S/C21H27FN2O3/c1-6-27-20(26)17-13-18(15-7-9-16(22)10-8-15)24(14(17)2)12-11-19(25)23-21(3,4)5/h7-10,13H,6,11-12H2,1-5H3,(H,23,25). The van der Waals surface area contributed by atoms with Crippen molar-refractivity contribution in [3.8, 4) is 11.3 Å². The summed E-state index contributed by atoms with van der Waals surface area (Å²) in [6, 6.07) is 7.80. The Morgan fingerprint density at radius 3 is 2.37 bits per heavy atom. The van der Waals surface area contributed by atoms with Gasteiger partial charge in [-0.2, -0.15) is 0 Å². The molecule has 2 aromatic rings. The largest absolute Gasteiger partial charge is 0.462 e. The van der Waals surface area contributed by atoms with E-state index in [4.69, 9.17) is 4.74 Å². The molecule has 0 spiro atoms. The van der Waals surface area contributed by atoms with Crippen LogP contribution in [0.2, 0.25) is 0 Å². The number of amides is 1. The summed E-state index contributed by atoms with van der Waals surface area (Å²) in [7, 11) is 0. The summed E-state index contributed by atoms with van der Waals surface area (Å²) in [5, 5.41) is 2.93. The van der Waals surface area contributed by atoms with Crippen molar-refractivity contribution in [2.45, 2.75) is 53.1 Å². The van der Waals surface area contributed by atoms with Crippen molar-refractivity contribution in [3.05, 3.63) is 47.4 Å². The number of aromatic nitrogens is 1. The third kappa shape index (κ3) is 5.42. The molecular formula is C21H27FN2O3. The van der Waals surface area contributed by atoms with Gasteiger partial charge in [-0.25, -0.2) is 9.18 Å². The van der Waals surface area contributed by atoms with Crippen molar-refractivity contribution in [3.63, 3.8) is 0 Å². The summed E-state index contributed by atoms with van der Waals surface area (Å²) in [5.74, 6) is -0.807. The minimum Gasteiger partial charge on any atom is -0.462 e. The predicted molar refractivity (Wildman–Crippen MR) is 103 cm³/mol. The first-order chi connectivity index (χ1) is 12.6. The van der Waals surface area contributed by atoms with Gasteiger partial charge in [-0.05, 0) is 70.5 Å². The molecule has 0 bridgehead atoms. The molecule has 0 radical (unpaired) electrons. The summed E-state index contributed by atoms with van der Waals surface area (Å²) in [4.78, 5) is 24.5. The number of benzene rings is 1. The summed E-state index contributed by atoms with van der Waals surface area (Å²) >= 11 is 0. The van der Waals surface area contributed by atoms with Crippen molar-refractivity contribution < 1.29 is 18.7 Å². The van der Waals surface area contributed by atoms with E-state index >= 15 is 0 Å². The number of carbonyl (C=O) groups is 2. The minimum atomic E-state index is -0.406. The second-order valence-electron chi connectivity index (χ2n) is 7.46. The summed E-state index contributed by atoms with van der Waals surface area (Å²) in [6.45, 7) is 10.0. The maximum atomic E-state index is 13.3. The molecule has 0 saturated carbocycles. The lowest BCUT2D eigenvalue weighted by Gasteiger charge is -2.21. The van der Waals surface area contributed by atoms with Gasteiger partial charge in [-0.3, -0.25) is 4.79 Å². The van der Waals surface area contributed by atoms with E-state index in [2.05, 4.69) is 5.32 Å². The molecule has 0 atom stereocenters. The smallest absolute Gasteiger partial charge is 0.339 e. The Kier molecular flexibility index (Phi) is 6.41. The van der Waals surface area contributed by atoms with Gasteiger partial charge in [0.2, 0.25) is 5.91 Å². The maximum absolute atomic E-state index is 13.3. The molecule has 0 aliphatic carbocycles. The van der Waals surface area contributed by atoms with Crippen LogP contribution in [0.3, 0.4) is 0 Å². The molecule has 1 heterocycles. The highest BCUT2D eigenvalue weighted by Gasteiger charge is 2.21. The van der Waals surface area contributed by atoms with Crippen molar-refractivity contribution in [2.75, 3.05) is 6.61 Å². The monoisotopic (exact) mass is 374 g/mol. The zero-order valence-electron chi connectivity index (χ0n) is 16.6. The average Bonchev–Trinajstić information content (AvgIpc) is 2.89. The highest BCUT2D eigenvalue weighted by molar-refractivity contribution is 5.92. The van der Waals surface area contributed by atoms with Gasteiger partial charge < -0.3 is 14.6 Å². The Morgan fingerprint density at radius 1 is 1.19 bits per heavy atom. The lowest BCUT2D eigenvalue weighted by molar-refractivity contribution is -0.122. The SMILES string of the molecule is CCOC(=O)c1cc(-c2ccc(F)cc2)n(CCC(=O)NC(C)(C)C)c1C. The predicted octanol–water partition coefficient (Wildman–Crippen LogP) is 4.08. The molecule has 0 fully saturated rings. The van der Waals surface area contributed by atoms with Crippen LogP contribution in [-0.2, 0) is 16.1 Å². The third-order valence-corrected chi connectivity index (χ3v) is 4.08. The molecule has 27 heavy (non-hydrogen) atoms. The molecule has 0 aliphatic heterocycles. The summed E-state index contributed by atoms with van der Waals surface area (Å²) < 4.78 is 20.3. The topological polar surface area (TPSA) is 60.3 Å². The molecule has 0 saturated heterocycles. The quantitative estimate of drug-likeness (QED) is 0.775. The van der Waals surface area contributed by atoms with Crippen LogP contribution < -0.4 is 5.32 Å². The second-order valence-corrected chi connectivity index (χ2v) is 7.46. The molecule has 5 nitrogen and oxygen atoms in total. The third-order valence-electron chi connectivity index (χ3n) is 4.08. The van der Waals surface area contributed by atoms with Gasteiger partial charge in [0.15, 0.2) is 0 Å². The number of ether oxygens (including phenoxy) is 1. The highest BCUT2D eigenvalue weighted by Crippen LogP contribution is 2.27. The molecule has 0 aliphatic rings. The number of carbonyl (C=O) groups excluding carboxylic acids is 2. The van der Waals surface area contributed by atoms with E-state index in [1.54, 1.807) is 25.1 Å². The summed E-state index contributed by atoms with van der Waals surface area (Å²) in [5.41, 5.74) is 2.38. The fourth-order valence-corrected chi connectivity index (χ4v) is 2.90. The first-order valence-corrected chi connectivity index (χ1v) is 9.06. The molecule has 1 aromatic heterocycles. The number of hydrogen-bond acceptors (Lipinski definition) is 3. The van der Waals surface area contributed by atoms with Crippen LogP contribution in [0, 0.1) is 12.7 Å². The Labute approximate surface area is 159 Å². The van der Waals surface area contributed by atoms with Crippen LogP contribution in [-0.4, -0.2) is 28.6 Å². The van der Waals surface area contributed by atoms with Gasteiger partial charge >= 0.3 is 5.97 Å². The molecule has 146 valence electrons. The Hall–Kier alpha value is -2.63. The summed E-state index contributed by atoms with van der Waals surface area (Å²) in [6.07, 6.45) is 0.267. The van der Waals surface area contributed by atoms with E-state index in [1.165, 1.54) is 12.1 Å². The fourth-order valence-electron chi connectivity index (χ4n) is 2.90. The van der Waals surface area contributed by atoms with Crippen molar-refractivity contribution in [1.29, 1.82) is 0 Å². The zero-order chi connectivity index (χ0) is 20.2. The number of halogens is 1. The first kappa shape index (κ1) is 20.7. The average molecular weight is 374 g/mol. The second kappa shape index (κ2) is 8.37. The molecule has 1 aromatic carbocycles. The van der Waals surface area contributed by atoms with Crippen LogP contribution in [0.4, 0.5) is 4.39 Å². The number of hydrogen-bond donors (Lipinski definition) is 1. The van der Waals surface area contributed by atoms with Crippen LogP contribution >= 0.6 is 0 Å². The number of esters is 1. The van der Waals surface area contributed by atoms with Crippen LogP contribution in [0.5, 0.6) is 0 Å². The van der Waals surface area contributed by atoms with Crippen molar-refractivity contribution in [1.82, 2.24) is 9.88 Å². The van der Waals surface area contributed by atoms with Crippen molar-refractivity contribution >= 4 is 11.9 Å². The molecule has 1 N–H and O–H groups in total. The lowest BCUT2D eigenvalue weighted by atomic mass is 10.1. The Morgan fingerprint density at radius 2 is 1.81 bits per heavy atom. The van der Waals surface area contributed by atoms with E-state index < -0.39 is 5.97 Å². The number of nitrogens with zero attached hydrogens (tertiary/aromatic N) is 1. The first-order valence-electron chi connectivity index (χ1n) is 9.06. The molecule has 1 amide bonds. The van der Waals surface area contributed by atoms with Crippen LogP contribution in [0.25, 0.3) is 11.3 Å². The molecule has 2 rings (SSSR count). The molecule has 0 unspecified atom stereocenters. The zero-order valence-corrected chi connectivity index (χ0v) is 16.6. The van der Waals surface area contributed by atoms with E-state index in [-0.39, 0.29) is 30.3 Å². The lowest BCUT2D eigenvalue weighted by Crippen LogP contribution is -2.40. The fraction of sp³-hybridized carbons (Fsp3) is 0.429. The number of nitrogens with one attached hydrogen (secondary N) is 1. The number of rotatable bonds is 6. The van der Waals surface area contributed by atoms with E-state index in [0.717, 1.165) is 17.0 Å². The van der Waals surface area contributed by atoms with E-state index in [9.17, 15) is 14.0 Å². The van der Waals surface area contributed by atoms with E-state index in [1.807, 2.05) is 32.3 Å². The van der Waals surface area contributed by atoms with Gasteiger partial charge in [0.25, 0.3) is 0 Å². The van der Waals surface area contributed by atoms with Crippen molar-refractivity contribution in [2.24, 2.45) is 0 Å². The van der Waals surface area contributed by atoms with Gasteiger partial charge in [-0.15, -0.1) is 0 Å². The molecular weight excluding hydrogens is 347 g/mol. The van der Waals surface area contributed by atoms with Gasteiger partial charge in [-0.1, -0.05) is 0 Å². The normalized spacial score (nSPS) is 11.3. The van der Waals surface area contributed by atoms with Gasteiger partial charge in [0.1, 0.15) is 5.82 Å². The van der Waals surface area contributed by atoms with E-state index in [0.29, 0.717) is 12.1 Å². The molecule has 6 heteroatoms. The Balaban J connectivity index is 2.36. The Bertz CT molecular complexity index is 817.